The topological polar surface area (TPSA) is 46.3 Å². The number of carbonyl (C=O) groups is 1. The molecule has 0 aliphatic carbocycles. The number of rotatable bonds is 2. The fourth-order valence-corrected chi connectivity index (χ4v) is 1.74. The summed E-state index contributed by atoms with van der Waals surface area (Å²) in [6.07, 6.45) is 3.24. The summed E-state index contributed by atoms with van der Waals surface area (Å²) in [5, 5.41) is 0. The largest absolute Gasteiger partial charge is 0.340 e. The van der Waals surface area contributed by atoms with E-state index >= 15 is 0 Å². The molecule has 3 nitrogen and oxygen atoms in total. The first kappa shape index (κ1) is 8.53. The van der Waals surface area contributed by atoms with Crippen LogP contribution < -0.4 is 5.73 Å². The number of hydrogen-bond donors (Lipinski definition) is 1. The third-order valence-electron chi connectivity index (χ3n) is 2.28. The van der Waals surface area contributed by atoms with E-state index in [2.05, 4.69) is 0 Å². The van der Waals surface area contributed by atoms with E-state index in [0.717, 1.165) is 25.8 Å². The summed E-state index contributed by atoms with van der Waals surface area (Å²) in [7, 11) is 0. The van der Waals surface area contributed by atoms with Gasteiger partial charge in [0.05, 0.1) is 0 Å². The maximum atomic E-state index is 11.0. The van der Waals surface area contributed by atoms with Crippen LogP contribution in [-0.2, 0) is 4.79 Å². The van der Waals surface area contributed by atoms with Crippen molar-refractivity contribution in [3.8, 4) is 0 Å². The van der Waals surface area contributed by atoms with E-state index in [1.54, 1.807) is 6.92 Å². The Hall–Kier alpha value is -0.570. The van der Waals surface area contributed by atoms with Crippen molar-refractivity contribution in [2.24, 2.45) is 5.73 Å². The molecule has 1 heterocycles. The Morgan fingerprint density at radius 3 is 3.00 bits per heavy atom. The third-order valence-corrected chi connectivity index (χ3v) is 2.28. The number of likely N-dealkylation sites (tertiary alicyclic amines) is 1. The van der Waals surface area contributed by atoms with Crippen LogP contribution in [0, 0.1) is 0 Å². The minimum Gasteiger partial charge on any atom is -0.340 e. The highest BCUT2D eigenvalue weighted by Gasteiger charge is 2.24. The molecule has 0 bridgehead atoms. The normalized spacial score (nSPS) is 24.2. The fraction of sp³-hybridized carbons (Fsp3) is 0.875. The van der Waals surface area contributed by atoms with E-state index in [9.17, 15) is 4.79 Å². The van der Waals surface area contributed by atoms with Gasteiger partial charge >= 0.3 is 0 Å². The Balaban J connectivity index is 2.44. The molecule has 1 rings (SSSR count). The minimum atomic E-state index is 0.195. The van der Waals surface area contributed by atoms with Crippen LogP contribution in [0.25, 0.3) is 0 Å². The Morgan fingerprint density at radius 2 is 2.45 bits per heavy atom. The van der Waals surface area contributed by atoms with Gasteiger partial charge in [0.2, 0.25) is 5.91 Å². The number of nitrogens with two attached hydrogens (primary N) is 1. The van der Waals surface area contributed by atoms with Gasteiger partial charge in [0.1, 0.15) is 0 Å². The molecule has 3 heteroatoms. The van der Waals surface area contributed by atoms with Crippen LogP contribution >= 0.6 is 0 Å². The maximum Gasteiger partial charge on any atom is 0.219 e. The third kappa shape index (κ3) is 1.93. The van der Waals surface area contributed by atoms with Crippen molar-refractivity contribution < 1.29 is 4.79 Å². The molecule has 11 heavy (non-hydrogen) atoms. The van der Waals surface area contributed by atoms with Crippen molar-refractivity contribution in [2.75, 3.05) is 13.1 Å². The molecule has 1 amide bonds. The molecule has 0 saturated carbocycles. The Labute approximate surface area is 67.5 Å². The summed E-state index contributed by atoms with van der Waals surface area (Å²) in [5.41, 5.74) is 5.43. The zero-order chi connectivity index (χ0) is 8.27. The maximum absolute atomic E-state index is 11.0. The average molecular weight is 156 g/mol. The molecule has 1 aliphatic heterocycles. The number of hydrogen-bond acceptors (Lipinski definition) is 2. The van der Waals surface area contributed by atoms with Crippen LogP contribution in [0.4, 0.5) is 0 Å². The quantitative estimate of drug-likeness (QED) is 0.627. The van der Waals surface area contributed by atoms with Crippen molar-refractivity contribution in [3.05, 3.63) is 0 Å². The van der Waals surface area contributed by atoms with Crippen LogP contribution in [0.1, 0.15) is 26.2 Å². The first-order valence-corrected chi connectivity index (χ1v) is 4.23. The molecule has 1 saturated heterocycles. The summed E-state index contributed by atoms with van der Waals surface area (Å²) in [5.74, 6) is 0.195. The van der Waals surface area contributed by atoms with Crippen LogP contribution in [0.2, 0.25) is 0 Å². The lowest BCUT2D eigenvalue weighted by atomic mass is 10.1. The van der Waals surface area contributed by atoms with Gasteiger partial charge in [-0.15, -0.1) is 0 Å². The lowest BCUT2D eigenvalue weighted by Gasteiger charge is -2.22. The summed E-state index contributed by atoms with van der Waals surface area (Å²) < 4.78 is 0. The van der Waals surface area contributed by atoms with E-state index in [1.165, 1.54) is 0 Å². The molecule has 1 atom stereocenters. The molecule has 0 aromatic heterocycles. The summed E-state index contributed by atoms with van der Waals surface area (Å²) in [6, 6.07) is 0.428. The molecule has 0 aromatic rings. The first-order valence-electron chi connectivity index (χ1n) is 4.23. The summed E-state index contributed by atoms with van der Waals surface area (Å²) >= 11 is 0. The van der Waals surface area contributed by atoms with E-state index in [0.29, 0.717) is 12.6 Å². The molecule has 0 aromatic carbocycles. The minimum absolute atomic E-state index is 0.195. The van der Waals surface area contributed by atoms with E-state index in [4.69, 9.17) is 5.73 Å². The standard InChI is InChI=1S/C8H16N2O/c1-7(11)10-6-2-3-8(10)4-5-9/h8H,2-6,9H2,1H3. The van der Waals surface area contributed by atoms with Crippen molar-refractivity contribution in [1.29, 1.82) is 0 Å². The molecule has 1 unspecified atom stereocenters. The molecule has 0 radical (unpaired) electrons. The van der Waals surface area contributed by atoms with E-state index in [-0.39, 0.29) is 5.91 Å². The zero-order valence-corrected chi connectivity index (χ0v) is 7.05. The highest BCUT2D eigenvalue weighted by atomic mass is 16.2. The second-order valence-corrected chi connectivity index (χ2v) is 3.09. The van der Waals surface area contributed by atoms with Crippen molar-refractivity contribution in [1.82, 2.24) is 4.90 Å². The molecule has 64 valence electrons. The van der Waals surface area contributed by atoms with Crippen LogP contribution in [0.5, 0.6) is 0 Å². The van der Waals surface area contributed by atoms with Crippen molar-refractivity contribution in [3.63, 3.8) is 0 Å². The lowest BCUT2D eigenvalue weighted by molar-refractivity contribution is -0.129. The molecule has 1 aliphatic rings. The number of carbonyl (C=O) groups excluding carboxylic acids is 1. The van der Waals surface area contributed by atoms with Gasteiger partial charge in [0, 0.05) is 19.5 Å². The predicted octanol–water partition coefficient (Wildman–Crippen LogP) is 0.346. The highest BCUT2D eigenvalue weighted by Crippen LogP contribution is 2.19. The molecular formula is C8H16N2O. The van der Waals surface area contributed by atoms with Gasteiger partial charge in [0.15, 0.2) is 0 Å². The van der Waals surface area contributed by atoms with Gasteiger partial charge in [-0.05, 0) is 25.8 Å². The lowest BCUT2D eigenvalue weighted by Crippen LogP contribution is -2.34. The first-order chi connectivity index (χ1) is 5.25. The predicted molar refractivity (Wildman–Crippen MR) is 44.1 cm³/mol. The smallest absolute Gasteiger partial charge is 0.219 e. The van der Waals surface area contributed by atoms with Gasteiger partial charge < -0.3 is 10.6 Å². The van der Waals surface area contributed by atoms with Gasteiger partial charge in [-0.2, -0.15) is 0 Å². The van der Waals surface area contributed by atoms with Crippen molar-refractivity contribution >= 4 is 5.91 Å². The fourth-order valence-electron chi connectivity index (χ4n) is 1.74. The van der Waals surface area contributed by atoms with Gasteiger partial charge in [-0.25, -0.2) is 0 Å². The monoisotopic (exact) mass is 156 g/mol. The SMILES string of the molecule is CC(=O)N1CCCC1CCN. The summed E-state index contributed by atoms with van der Waals surface area (Å²) in [6.45, 7) is 3.25. The van der Waals surface area contributed by atoms with Crippen LogP contribution in [-0.4, -0.2) is 29.9 Å². The van der Waals surface area contributed by atoms with Crippen LogP contribution in [0.3, 0.4) is 0 Å². The average Bonchev–Trinajstić information content (AvgIpc) is 2.36. The van der Waals surface area contributed by atoms with Gasteiger partial charge in [-0.3, -0.25) is 4.79 Å². The second-order valence-electron chi connectivity index (χ2n) is 3.09. The number of nitrogens with zero attached hydrogens (tertiary/aromatic N) is 1. The molecular weight excluding hydrogens is 140 g/mol. The molecule has 0 spiro atoms. The van der Waals surface area contributed by atoms with Crippen LogP contribution in [0.15, 0.2) is 0 Å². The Morgan fingerprint density at radius 1 is 1.73 bits per heavy atom. The zero-order valence-electron chi connectivity index (χ0n) is 7.05. The second kappa shape index (κ2) is 3.72. The highest BCUT2D eigenvalue weighted by molar-refractivity contribution is 5.73. The summed E-state index contributed by atoms with van der Waals surface area (Å²) in [4.78, 5) is 13.0. The van der Waals surface area contributed by atoms with Gasteiger partial charge in [0.25, 0.3) is 0 Å². The molecule has 2 N–H and O–H groups in total. The number of amides is 1. The van der Waals surface area contributed by atoms with Crippen molar-refractivity contribution in [2.45, 2.75) is 32.2 Å². The molecule has 1 fully saturated rings. The van der Waals surface area contributed by atoms with E-state index < -0.39 is 0 Å². The Kier molecular flexibility index (Phi) is 2.88. The van der Waals surface area contributed by atoms with E-state index in [1.807, 2.05) is 4.90 Å². The Bertz CT molecular complexity index is 147. The van der Waals surface area contributed by atoms with Gasteiger partial charge in [-0.1, -0.05) is 0 Å².